The summed E-state index contributed by atoms with van der Waals surface area (Å²) in [6, 6.07) is 9.42. The Labute approximate surface area is 152 Å². The number of carbonyl (C=O) groups is 1. The van der Waals surface area contributed by atoms with Crippen molar-refractivity contribution in [1.82, 2.24) is 9.97 Å². The van der Waals surface area contributed by atoms with E-state index < -0.39 is 11.4 Å². The van der Waals surface area contributed by atoms with Crippen molar-refractivity contribution in [3.8, 4) is 0 Å². The molecule has 1 aromatic heterocycles. The summed E-state index contributed by atoms with van der Waals surface area (Å²) >= 11 is 6.07. The summed E-state index contributed by atoms with van der Waals surface area (Å²) in [7, 11) is 0. The van der Waals surface area contributed by atoms with Gasteiger partial charge < -0.3 is 10.0 Å². The average Bonchev–Trinajstić information content (AvgIpc) is 2.62. The maximum Gasteiger partial charge on any atom is 0.311 e. The van der Waals surface area contributed by atoms with E-state index in [-0.39, 0.29) is 0 Å². The van der Waals surface area contributed by atoms with Gasteiger partial charge in [0.1, 0.15) is 12.1 Å². The van der Waals surface area contributed by atoms with E-state index in [1.54, 1.807) is 12.4 Å². The number of piperidine rings is 1. The maximum absolute atomic E-state index is 12.2. The number of rotatable bonds is 5. The lowest BCUT2D eigenvalue weighted by Crippen LogP contribution is -2.49. The van der Waals surface area contributed by atoms with E-state index in [9.17, 15) is 9.90 Å². The second-order valence-corrected chi connectivity index (χ2v) is 7.07. The molecule has 1 aliphatic rings. The summed E-state index contributed by atoms with van der Waals surface area (Å²) < 4.78 is 0. The SMILES string of the molecule is CCc1cc(N2CCC[C@](Cc3cccc(Cl)c3)(C(=O)O)C2)ncn1. The highest BCUT2D eigenvalue weighted by Crippen LogP contribution is 2.36. The Hall–Kier alpha value is -2.14. The molecule has 0 bridgehead atoms. The van der Waals surface area contributed by atoms with Crippen molar-refractivity contribution in [3.05, 3.63) is 52.9 Å². The summed E-state index contributed by atoms with van der Waals surface area (Å²) in [6.45, 7) is 3.29. The lowest BCUT2D eigenvalue weighted by molar-refractivity contribution is -0.149. The zero-order valence-electron chi connectivity index (χ0n) is 14.3. The highest BCUT2D eigenvalue weighted by molar-refractivity contribution is 6.30. The standard InChI is InChI=1S/C19H22ClN3O2/c1-2-16-10-17(22-13-21-16)23-8-4-7-19(12-23,18(24)25)11-14-5-3-6-15(20)9-14/h3,5-6,9-10,13H,2,4,7-8,11-12H2,1H3,(H,24,25)/t19-/m1/s1. The molecule has 0 unspecified atom stereocenters. The Kier molecular flexibility index (Phi) is 5.23. The fourth-order valence-corrected chi connectivity index (χ4v) is 3.72. The van der Waals surface area contributed by atoms with Crippen LogP contribution in [0.25, 0.3) is 0 Å². The normalized spacial score (nSPS) is 20.5. The molecule has 1 saturated heterocycles. The second kappa shape index (κ2) is 7.40. The Morgan fingerprint density at radius 2 is 2.20 bits per heavy atom. The van der Waals surface area contributed by atoms with Crippen molar-refractivity contribution >= 4 is 23.4 Å². The molecule has 1 aromatic carbocycles. The molecule has 3 rings (SSSR count). The van der Waals surface area contributed by atoms with E-state index >= 15 is 0 Å². The third-order valence-electron chi connectivity index (χ3n) is 4.86. The number of aryl methyl sites for hydroxylation is 1. The number of carboxylic acid groups (broad SMARTS) is 1. The molecule has 132 valence electrons. The molecule has 1 atom stereocenters. The van der Waals surface area contributed by atoms with Gasteiger partial charge in [-0.05, 0) is 43.4 Å². The van der Waals surface area contributed by atoms with Crippen molar-refractivity contribution in [2.75, 3.05) is 18.0 Å². The van der Waals surface area contributed by atoms with Crippen molar-refractivity contribution < 1.29 is 9.90 Å². The van der Waals surface area contributed by atoms with Gasteiger partial charge in [0.15, 0.2) is 0 Å². The fourth-order valence-electron chi connectivity index (χ4n) is 3.51. The molecule has 25 heavy (non-hydrogen) atoms. The van der Waals surface area contributed by atoms with Crippen molar-refractivity contribution in [1.29, 1.82) is 0 Å². The first kappa shape index (κ1) is 17.7. The third-order valence-corrected chi connectivity index (χ3v) is 5.09. The fraction of sp³-hybridized carbons (Fsp3) is 0.421. The van der Waals surface area contributed by atoms with Crippen LogP contribution in [0.1, 0.15) is 31.0 Å². The zero-order chi connectivity index (χ0) is 17.9. The first-order valence-electron chi connectivity index (χ1n) is 8.56. The van der Waals surface area contributed by atoms with Crippen LogP contribution >= 0.6 is 11.6 Å². The zero-order valence-corrected chi connectivity index (χ0v) is 15.0. The number of hydrogen-bond donors (Lipinski definition) is 1. The summed E-state index contributed by atoms with van der Waals surface area (Å²) in [6.07, 6.45) is 4.32. The van der Waals surface area contributed by atoms with Gasteiger partial charge in [0, 0.05) is 29.9 Å². The Bertz CT molecular complexity index is 768. The van der Waals surface area contributed by atoms with Crippen LogP contribution < -0.4 is 4.90 Å². The second-order valence-electron chi connectivity index (χ2n) is 6.64. The topological polar surface area (TPSA) is 66.3 Å². The lowest BCUT2D eigenvalue weighted by atomic mass is 9.75. The molecule has 1 aliphatic heterocycles. The van der Waals surface area contributed by atoms with E-state index in [2.05, 4.69) is 14.9 Å². The molecular weight excluding hydrogens is 338 g/mol. The number of benzene rings is 1. The Morgan fingerprint density at radius 1 is 1.36 bits per heavy atom. The van der Waals surface area contributed by atoms with Crippen LogP contribution in [0, 0.1) is 5.41 Å². The minimum absolute atomic E-state index is 0.439. The van der Waals surface area contributed by atoms with E-state index in [1.165, 1.54) is 0 Å². The van der Waals surface area contributed by atoms with Crippen LogP contribution in [0.15, 0.2) is 36.7 Å². The molecule has 1 fully saturated rings. The Balaban J connectivity index is 1.87. The molecule has 0 spiro atoms. The van der Waals surface area contributed by atoms with Crippen LogP contribution in [-0.2, 0) is 17.6 Å². The maximum atomic E-state index is 12.2. The van der Waals surface area contributed by atoms with Gasteiger partial charge in [-0.15, -0.1) is 0 Å². The van der Waals surface area contributed by atoms with E-state index in [1.807, 2.05) is 31.2 Å². The first-order chi connectivity index (χ1) is 12.0. The summed E-state index contributed by atoms with van der Waals surface area (Å²) in [4.78, 5) is 22.8. The molecular formula is C19H22ClN3O2. The van der Waals surface area contributed by atoms with Crippen LogP contribution in [0.5, 0.6) is 0 Å². The van der Waals surface area contributed by atoms with Crippen LogP contribution in [0.4, 0.5) is 5.82 Å². The summed E-state index contributed by atoms with van der Waals surface area (Å²) in [5, 5.41) is 10.6. The minimum atomic E-state index is -0.833. The molecule has 1 N–H and O–H groups in total. The first-order valence-corrected chi connectivity index (χ1v) is 8.94. The number of halogens is 1. The summed E-state index contributed by atoms with van der Waals surface area (Å²) in [5.74, 6) is 0.0465. The monoisotopic (exact) mass is 359 g/mol. The predicted octanol–water partition coefficient (Wildman–Crippen LogP) is 3.61. The highest BCUT2D eigenvalue weighted by atomic mass is 35.5. The predicted molar refractivity (Wildman–Crippen MR) is 98.1 cm³/mol. The quantitative estimate of drug-likeness (QED) is 0.883. The van der Waals surface area contributed by atoms with E-state index in [0.717, 1.165) is 36.5 Å². The van der Waals surface area contributed by atoms with Crippen molar-refractivity contribution in [3.63, 3.8) is 0 Å². The number of aliphatic carboxylic acids is 1. The molecule has 2 heterocycles. The van der Waals surface area contributed by atoms with E-state index in [4.69, 9.17) is 11.6 Å². The van der Waals surface area contributed by atoms with Gasteiger partial charge in [0.25, 0.3) is 0 Å². The number of carboxylic acids is 1. The van der Waals surface area contributed by atoms with Crippen LogP contribution in [0.3, 0.4) is 0 Å². The van der Waals surface area contributed by atoms with Gasteiger partial charge in [0.2, 0.25) is 0 Å². The van der Waals surface area contributed by atoms with Gasteiger partial charge >= 0.3 is 5.97 Å². The number of nitrogens with zero attached hydrogens (tertiary/aromatic N) is 3. The largest absolute Gasteiger partial charge is 0.481 e. The molecule has 0 amide bonds. The van der Waals surface area contributed by atoms with Crippen LogP contribution in [0.2, 0.25) is 5.02 Å². The van der Waals surface area contributed by atoms with Gasteiger partial charge in [-0.3, -0.25) is 4.79 Å². The number of aromatic nitrogens is 2. The Morgan fingerprint density at radius 3 is 2.92 bits per heavy atom. The van der Waals surface area contributed by atoms with Gasteiger partial charge in [-0.2, -0.15) is 0 Å². The van der Waals surface area contributed by atoms with Gasteiger partial charge in [-0.25, -0.2) is 9.97 Å². The van der Waals surface area contributed by atoms with Crippen LogP contribution in [-0.4, -0.2) is 34.1 Å². The highest BCUT2D eigenvalue weighted by Gasteiger charge is 2.43. The average molecular weight is 360 g/mol. The smallest absolute Gasteiger partial charge is 0.311 e. The van der Waals surface area contributed by atoms with Gasteiger partial charge in [-0.1, -0.05) is 30.7 Å². The molecule has 6 heteroatoms. The molecule has 2 aromatic rings. The van der Waals surface area contributed by atoms with Gasteiger partial charge in [0.05, 0.1) is 5.41 Å². The molecule has 5 nitrogen and oxygen atoms in total. The van der Waals surface area contributed by atoms with E-state index in [0.29, 0.717) is 24.4 Å². The lowest BCUT2D eigenvalue weighted by Gasteiger charge is -2.40. The number of anilines is 1. The summed E-state index contributed by atoms with van der Waals surface area (Å²) in [5.41, 5.74) is 1.08. The molecule has 0 saturated carbocycles. The van der Waals surface area contributed by atoms with Crippen molar-refractivity contribution in [2.45, 2.75) is 32.6 Å². The number of hydrogen-bond acceptors (Lipinski definition) is 4. The van der Waals surface area contributed by atoms with Crippen molar-refractivity contribution in [2.24, 2.45) is 5.41 Å². The molecule has 0 aliphatic carbocycles. The molecule has 0 radical (unpaired) electrons. The third kappa shape index (κ3) is 3.93. The minimum Gasteiger partial charge on any atom is -0.481 e.